The van der Waals surface area contributed by atoms with Gasteiger partial charge in [-0.25, -0.2) is 9.59 Å². The van der Waals surface area contributed by atoms with Crippen molar-refractivity contribution in [3.8, 4) is 0 Å². The summed E-state index contributed by atoms with van der Waals surface area (Å²) in [4.78, 5) is 17.1. The van der Waals surface area contributed by atoms with E-state index in [1.807, 2.05) is 19.1 Å². The third-order valence-electron chi connectivity index (χ3n) is 0.732. The molecule has 0 aromatic heterocycles. The summed E-state index contributed by atoms with van der Waals surface area (Å²) in [5.41, 5.74) is 1.02. The highest BCUT2D eigenvalue weighted by molar-refractivity contribution is 5.53. The van der Waals surface area contributed by atoms with Crippen LogP contribution < -0.4 is 0 Å². The van der Waals surface area contributed by atoms with Crippen molar-refractivity contribution >= 4 is 12.3 Å². The first-order valence-corrected chi connectivity index (χ1v) is 4.67. The van der Waals surface area contributed by atoms with Crippen LogP contribution in [0, 0.1) is 0 Å². The first-order chi connectivity index (χ1) is 8.65. The lowest BCUT2D eigenvalue weighted by Gasteiger charge is -1.71. The first-order valence-electron chi connectivity index (χ1n) is 4.67. The molecule has 0 aromatic carbocycles. The van der Waals surface area contributed by atoms with E-state index in [0.29, 0.717) is 0 Å². The van der Waals surface area contributed by atoms with Gasteiger partial charge >= 0.3 is 12.3 Å². The lowest BCUT2D eigenvalue weighted by Crippen LogP contribution is -1.81. The van der Waals surface area contributed by atoms with Crippen molar-refractivity contribution in [3.63, 3.8) is 0 Å². The summed E-state index contributed by atoms with van der Waals surface area (Å²) < 4.78 is 0. The molecule has 0 unspecified atom stereocenters. The van der Waals surface area contributed by atoms with Gasteiger partial charge in [-0.05, 0) is 6.92 Å². The SMILES string of the molecule is C=CC(=C)C.C=CC=CC=C.O=C(O)O.O=C(O)O. The highest BCUT2D eigenvalue weighted by Crippen LogP contribution is 1.81. The molecule has 0 aliphatic carbocycles. The average Bonchev–Trinajstić information content (AvgIpc) is 2.25. The largest absolute Gasteiger partial charge is 0.503 e. The second-order valence-electron chi connectivity index (χ2n) is 2.47. The van der Waals surface area contributed by atoms with E-state index >= 15 is 0 Å². The molecule has 0 atom stereocenters. The summed E-state index contributed by atoms with van der Waals surface area (Å²) in [5, 5.41) is 27.9. The van der Waals surface area contributed by atoms with E-state index < -0.39 is 12.3 Å². The van der Waals surface area contributed by atoms with E-state index in [4.69, 9.17) is 30.0 Å². The molecule has 0 saturated heterocycles. The fourth-order valence-corrected chi connectivity index (χ4v) is 0.157. The van der Waals surface area contributed by atoms with E-state index in [0.717, 1.165) is 5.57 Å². The van der Waals surface area contributed by atoms with Crippen molar-refractivity contribution in [2.75, 3.05) is 0 Å². The molecule has 0 amide bonds. The van der Waals surface area contributed by atoms with Crippen LogP contribution in [0.25, 0.3) is 0 Å². The maximum absolute atomic E-state index is 8.56. The van der Waals surface area contributed by atoms with Gasteiger partial charge in [0.1, 0.15) is 0 Å². The lowest BCUT2D eigenvalue weighted by atomic mass is 10.4. The van der Waals surface area contributed by atoms with Gasteiger partial charge in [-0.2, -0.15) is 0 Å². The van der Waals surface area contributed by atoms with E-state index in [1.54, 1.807) is 18.2 Å². The molecule has 19 heavy (non-hydrogen) atoms. The van der Waals surface area contributed by atoms with Crippen molar-refractivity contribution in [2.24, 2.45) is 0 Å². The van der Waals surface area contributed by atoms with E-state index in [-0.39, 0.29) is 0 Å². The Morgan fingerprint density at radius 3 is 1.05 bits per heavy atom. The molecular formula is C13H20O6. The zero-order valence-electron chi connectivity index (χ0n) is 10.8. The number of rotatable bonds is 3. The van der Waals surface area contributed by atoms with E-state index in [9.17, 15) is 0 Å². The van der Waals surface area contributed by atoms with Gasteiger partial charge in [0, 0.05) is 0 Å². The molecule has 0 heterocycles. The smallest absolute Gasteiger partial charge is 0.450 e. The van der Waals surface area contributed by atoms with E-state index in [1.165, 1.54) is 0 Å². The third-order valence-corrected chi connectivity index (χ3v) is 0.732. The summed E-state index contributed by atoms with van der Waals surface area (Å²) in [6.45, 7) is 15.9. The van der Waals surface area contributed by atoms with Gasteiger partial charge in [-0.1, -0.05) is 62.3 Å². The van der Waals surface area contributed by atoms with Crippen LogP contribution in [0.15, 0.2) is 62.3 Å². The molecular weight excluding hydrogens is 252 g/mol. The molecule has 0 rings (SSSR count). The molecule has 0 aliphatic rings. The van der Waals surface area contributed by atoms with Crippen molar-refractivity contribution in [1.29, 1.82) is 0 Å². The molecule has 4 N–H and O–H groups in total. The second kappa shape index (κ2) is 24.5. The molecule has 6 nitrogen and oxygen atoms in total. The minimum atomic E-state index is -1.83. The molecule has 108 valence electrons. The van der Waals surface area contributed by atoms with Gasteiger partial charge in [0.2, 0.25) is 0 Å². The molecule has 0 radical (unpaired) electrons. The Hall–Kier alpha value is -2.76. The fraction of sp³-hybridized carbons (Fsp3) is 0.0769. The van der Waals surface area contributed by atoms with Crippen LogP contribution in [-0.2, 0) is 0 Å². The van der Waals surface area contributed by atoms with Crippen LogP contribution in [0.1, 0.15) is 6.92 Å². The Kier molecular flexibility index (Phi) is 32.4. The third kappa shape index (κ3) is 532. The summed E-state index contributed by atoms with van der Waals surface area (Å²) in [7, 11) is 0. The maximum Gasteiger partial charge on any atom is 0.503 e. The molecule has 0 bridgehead atoms. The number of carboxylic acid groups (broad SMARTS) is 4. The van der Waals surface area contributed by atoms with Crippen LogP contribution >= 0.6 is 0 Å². The van der Waals surface area contributed by atoms with Crippen molar-refractivity contribution in [3.05, 3.63) is 62.3 Å². The minimum absolute atomic E-state index is 1.02. The normalized spacial score (nSPS) is 7.00. The quantitative estimate of drug-likeness (QED) is 0.575. The summed E-state index contributed by atoms with van der Waals surface area (Å²) in [6.07, 6.45) is 5.13. The monoisotopic (exact) mass is 272 g/mol. The van der Waals surface area contributed by atoms with Gasteiger partial charge in [0.25, 0.3) is 0 Å². The zero-order chi connectivity index (χ0) is 16.3. The maximum atomic E-state index is 8.56. The molecule has 6 heteroatoms. The average molecular weight is 272 g/mol. The van der Waals surface area contributed by atoms with Crippen molar-refractivity contribution < 1.29 is 30.0 Å². The molecule has 0 aliphatic heterocycles. The Labute approximate surface area is 112 Å². The van der Waals surface area contributed by atoms with Gasteiger partial charge in [-0.15, -0.1) is 0 Å². The van der Waals surface area contributed by atoms with Crippen LogP contribution in [0.3, 0.4) is 0 Å². The van der Waals surface area contributed by atoms with Crippen LogP contribution in [0.5, 0.6) is 0 Å². The van der Waals surface area contributed by atoms with Crippen LogP contribution in [0.4, 0.5) is 9.59 Å². The first kappa shape index (κ1) is 25.2. The van der Waals surface area contributed by atoms with Crippen molar-refractivity contribution in [1.82, 2.24) is 0 Å². The predicted molar refractivity (Wildman–Crippen MR) is 75.9 cm³/mol. The Bertz CT molecular complexity index is 285. The Morgan fingerprint density at radius 1 is 0.842 bits per heavy atom. The topological polar surface area (TPSA) is 115 Å². The summed E-state index contributed by atoms with van der Waals surface area (Å²) >= 11 is 0. The number of hydrogen-bond donors (Lipinski definition) is 4. The van der Waals surface area contributed by atoms with Gasteiger partial charge < -0.3 is 20.4 Å². The highest BCUT2D eigenvalue weighted by atomic mass is 16.6. The number of hydrogen-bond acceptors (Lipinski definition) is 2. The summed E-state index contributed by atoms with van der Waals surface area (Å²) in [5.74, 6) is 0. The molecule has 0 spiro atoms. The number of carbonyl (C=O) groups is 2. The fourth-order valence-electron chi connectivity index (χ4n) is 0.157. The standard InChI is InChI=1S/C6H8.C5H8.2CH2O3/c1-3-5-6-4-2;1-4-5(2)3;2*2-1(3)4/h3-6H,1-2H2;4H,1-2H2,3H3;2*(H2,2,3,4). The second-order valence-corrected chi connectivity index (χ2v) is 2.47. The Morgan fingerprint density at radius 2 is 1.00 bits per heavy atom. The lowest BCUT2D eigenvalue weighted by molar-refractivity contribution is 0.135. The van der Waals surface area contributed by atoms with Crippen LogP contribution in [0.2, 0.25) is 0 Å². The van der Waals surface area contributed by atoms with Gasteiger partial charge in [0.05, 0.1) is 0 Å². The van der Waals surface area contributed by atoms with Gasteiger partial charge in [0.15, 0.2) is 0 Å². The highest BCUT2D eigenvalue weighted by Gasteiger charge is 1.70. The molecule has 0 aromatic rings. The summed E-state index contributed by atoms with van der Waals surface area (Å²) in [6, 6.07) is 0. The van der Waals surface area contributed by atoms with Gasteiger partial charge in [-0.3, -0.25) is 0 Å². The number of allylic oxidation sites excluding steroid dienone is 6. The predicted octanol–water partition coefficient (Wildman–Crippen LogP) is 4.11. The molecule has 0 saturated carbocycles. The zero-order valence-corrected chi connectivity index (χ0v) is 10.8. The van der Waals surface area contributed by atoms with Crippen LogP contribution in [-0.4, -0.2) is 32.7 Å². The van der Waals surface area contributed by atoms with Crippen molar-refractivity contribution in [2.45, 2.75) is 6.92 Å². The molecule has 0 fully saturated rings. The van der Waals surface area contributed by atoms with E-state index in [2.05, 4.69) is 26.3 Å². The minimum Gasteiger partial charge on any atom is -0.450 e. The Balaban J connectivity index is -0.0000000803.